The topological polar surface area (TPSA) is 56.8 Å². The summed E-state index contributed by atoms with van der Waals surface area (Å²) in [6.07, 6.45) is 1.40. The van der Waals surface area contributed by atoms with Gasteiger partial charge >= 0.3 is 5.97 Å². The zero-order valence-electron chi connectivity index (χ0n) is 11.6. The number of allylic oxidation sites excluding steroid dienone is 1. The van der Waals surface area contributed by atoms with E-state index in [0.717, 1.165) is 5.69 Å². The molecule has 0 bridgehead atoms. The molecular formula is C14H19NO4. The van der Waals surface area contributed by atoms with Crippen LogP contribution in [0.5, 0.6) is 11.5 Å². The third-order valence-electron chi connectivity index (χ3n) is 2.36. The standard InChI is InChI=1S/C14H19NO4/c1-5-19-14(16)8-10(2)15-12-7-6-11(17-3)9-13(12)18-4/h6-9,15H,5H2,1-4H3/b10-8+. The molecule has 0 fully saturated rings. The van der Waals surface area contributed by atoms with E-state index in [0.29, 0.717) is 23.8 Å². The third kappa shape index (κ3) is 4.54. The Labute approximate surface area is 113 Å². The molecule has 1 aromatic carbocycles. The van der Waals surface area contributed by atoms with Crippen molar-refractivity contribution >= 4 is 11.7 Å². The number of ether oxygens (including phenoxy) is 3. The third-order valence-corrected chi connectivity index (χ3v) is 2.36. The average molecular weight is 265 g/mol. The summed E-state index contributed by atoms with van der Waals surface area (Å²) in [5, 5.41) is 3.08. The van der Waals surface area contributed by atoms with Crippen molar-refractivity contribution in [2.24, 2.45) is 0 Å². The van der Waals surface area contributed by atoms with Crippen LogP contribution in [0.1, 0.15) is 13.8 Å². The van der Waals surface area contributed by atoms with Gasteiger partial charge in [0, 0.05) is 17.8 Å². The molecule has 0 unspecified atom stereocenters. The maximum absolute atomic E-state index is 11.3. The zero-order chi connectivity index (χ0) is 14.3. The first kappa shape index (κ1) is 14.9. The number of anilines is 1. The van der Waals surface area contributed by atoms with Crippen LogP contribution in [0.2, 0.25) is 0 Å². The molecule has 1 rings (SSSR count). The fourth-order valence-corrected chi connectivity index (χ4v) is 1.51. The Kier molecular flexibility index (Phi) is 5.73. The van der Waals surface area contributed by atoms with Gasteiger partial charge in [0.05, 0.1) is 26.5 Å². The second-order valence-electron chi connectivity index (χ2n) is 3.77. The highest BCUT2D eigenvalue weighted by Gasteiger charge is 2.06. The van der Waals surface area contributed by atoms with Gasteiger partial charge in [-0.25, -0.2) is 4.79 Å². The van der Waals surface area contributed by atoms with E-state index in [1.54, 1.807) is 34.1 Å². The molecule has 1 N–H and O–H groups in total. The minimum atomic E-state index is -0.375. The van der Waals surface area contributed by atoms with E-state index in [1.165, 1.54) is 6.08 Å². The molecule has 0 spiro atoms. The van der Waals surface area contributed by atoms with Gasteiger partial charge in [-0.05, 0) is 26.0 Å². The summed E-state index contributed by atoms with van der Waals surface area (Å²) in [7, 11) is 3.16. The zero-order valence-corrected chi connectivity index (χ0v) is 11.6. The van der Waals surface area contributed by atoms with Gasteiger partial charge in [-0.1, -0.05) is 0 Å². The molecule has 0 atom stereocenters. The second-order valence-corrected chi connectivity index (χ2v) is 3.77. The highest BCUT2D eigenvalue weighted by molar-refractivity contribution is 5.83. The minimum absolute atomic E-state index is 0.356. The molecule has 0 amide bonds. The van der Waals surface area contributed by atoms with E-state index < -0.39 is 0 Å². The van der Waals surface area contributed by atoms with Crippen molar-refractivity contribution in [3.05, 3.63) is 30.0 Å². The van der Waals surface area contributed by atoms with E-state index in [9.17, 15) is 4.79 Å². The summed E-state index contributed by atoms with van der Waals surface area (Å²) in [5.74, 6) is 0.963. The van der Waals surface area contributed by atoms with Gasteiger partial charge in [0.2, 0.25) is 0 Å². The lowest BCUT2D eigenvalue weighted by molar-refractivity contribution is -0.137. The number of carbonyl (C=O) groups is 1. The van der Waals surface area contributed by atoms with Crippen molar-refractivity contribution in [2.75, 3.05) is 26.1 Å². The van der Waals surface area contributed by atoms with Crippen molar-refractivity contribution in [2.45, 2.75) is 13.8 Å². The Morgan fingerprint density at radius 3 is 2.63 bits per heavy atom. The fourth-order valence-electron chi connectivity index (χ4n) is 1.51. The van der Waals surface area contributed by atoms with E-state index >= 15 is 0 Å². The highest BCUT2D eigenvalue weighted by atomic mass is 16.5. The molecule has 0 aliphatic heterocycles. The number of rotatable bonds is 6. The molecule has 0 saturated heterocycles. The number of esters is 1. The summed E-state index contributed by atoms with van der Waals surface area (Å²) < 4.78 is 15.2. The van der Waals surface area contributed by atoms with Gasteiger partial charge in [-0.2, -0.15) is 0 Å². The first-order valence-corrected chi connectivity index (χ1v) is 5.94. The minimum Gasteiger partial charge on any atom is -0.497 e. The Bertz CT molecular complexity index is 469. The smallest absolute Gasteiger partial charge is 0.332 e. The summed E-state index contributed by atoms with van der Waals surface area (Å²) in [4.78, 5) is 11.3. The lowest BCUT2D eigenvalue weighted by Gasteiger charge is -2.12. The van der Waals surface area contributed by atoms with Crippen LogP contribution in [-0.2, 0) is 9.53 Å². The van der Waals surface area contributed by atoms with Crippen molar-refractivity contribution in [1.82, 2.24) is 0 Å². The number of methoxy groups -OCH3 is 2. The second kappa shape index (κ2) is 7.31. The van der Waals surface area contributed by atoms with Gasteiger partial charge in [0.25, 0.3) is 0 Å². The molecule has 104 valence electrons. The van der Waals surface area contributed by atoms with Gasteiger partial charge in [-0.3, -0.25) is 0 Å². The molecular weight excluding hydrogens is 246 g/mol. The quantitative estimate of drug-likeness (QED) is 0.633. The average Bonchev–Trinajstić information content (AvgIpc) is 2.39. The lowest BCUT2D eigenvalue weighted by Crippen LogP contribution is -2.05. The van der Waals surface area contributed by atoms with Gasteiger partial charge in [0.15, 0.2) is 0 Å². The van der Waals surface area contributed by atoms with Crippen LogP contribution < -0.4 is 14.8 Å². The predicted molar refractivity (Wildman–Crippen MR) is 73.6 cm³/mol. The molecule has 5 heteroatoms. The van der Waals surface area contributed by atoms with Crippen LogP contribution in [-0.4, -0.2) is 26.8 Å². The van der Waals surface area contributed by atoms with E-state index in [4.69, 9.17) is 14.2 Å². The maximum atomic E-state index is 11.3. The fraction of sp³-hybridized carbons (Fsp3) is 0.357. The SMILES string of the molecule is CCOC(=O)/C=C(\C)Nc1ccc(OC)cc1OC. The Morgan fingerprint density at radius 2 is 2.05 bits per heavy atom. The first-order valence-electron chi connectivity index (χ1n) is 5.94. The van der Waals surface area contributed by atoms with Crippen molar-refractivity contribution in [3.8, 4) is 11.5 Å². The molecule has 0 aliphatic rings. The van der Waals surface area contributed by atoms with Crippen LogP contribution in [0.3, 0.4) is 0 Å². The van der Waals surface area contributed by atoms with Crippen molar-refractivity contribution < 1.29 is 19.0 Å². The Morgan fingerprint density at radius 1 is 1.32 bits per heavy atom. The number of hydrogen-bond acceptors (Lipinski definition) is 5. The number of nitrogens with one attached hydrogen (secondary N) is 1. The van der Waals surface area contributed by atoms with Crippen LogP contribution in [0.25, 0.3) is 0 Å². The van der Waals surface area contributed by atoms with Crippen molar-refractivity contribution in [1.29, 1.82) is 0 Å². The van der Waals surface area contributed by atoms with E-state index in [2.05, 4.69) is 5.32 Å². The number of carbonyl (C=O) groups excluding carboxylic acids is 1. The predicted octanol–water partition coefficient (Wildman–Crippen LogP) is 2.58. The largest absolute Gasteiger partial charge is 0.497 e. The molecule has 1 aromatic rings. The van der Waals surface area contributed by atoms with Gasteiger partial charge < -0.3 is 19.5 Å². The van der Waals surface area contributed by atoms with E-state index in [1.807, 2.05) is 12.1 Å². The lowest BCUT2D eigenvalue weighted by atomic mass is 10.2. The summed E-state index contributed by atoms with van der Waals surface area (Å²) in [6.45, 7) is 3.90. The van der Waals surface area contributed by atoms with Crippen molar-refractivity contribution in [3.63, 3.8) is 0 Å². The summed E-state index contributed by atoms with van der Waals surface area (Å²) in [5.41, 5.74) is 1.42. The number of benzene rings is 1. The molecule has 0 radical (unpaired) electrons. The number of hydrogen-bond donors (Lipinski definition) is 1. The molecule has 5 nitrogen and oxygen atoms in total. The van der Waals surface area contributed by atoms with Crippen LogP contribution in [0, 0.1) is 0 Å². The molecule has 0 aliphatic carbocycles. The normalized spacial score (nSPS) is 10.8. The molecule has 0 heterocycles. The Hall–Kier alpha value is -2.17. The highest BCUT2D eigenvalue weighted by Crippen LogP contribution is 2.29. The van der Waals surface area contributed by atoms with Gasteiger partial charge in [-0.15, -0.1) is 0 Å². The van der Waals surface area contributed by atoms with Crippen LogP contribution in [0.15, 0.2) is 30.0 Å². The summed E-state index contributed by atoms with van der Waals surface area (Å²) in [6, 6.07) is 5.39. The van der Waals surface area contributed by atoms with Crippen LogP contribution >= 0.6 is 0 Å². The summed E-state index contributed by atoms with van der Waals surface area (Å²) >= 11 is 0. The molecule has 19 heavy (non-hydrogen) atoms. The van der Waals surface area contributed by atoms with Crippen LogP contribution in [0.4, 0.5) is 5.69 Å². The molecule has 0 saturated carbocycles. The maximum Gasteiger partial charge on any atom is 0.332 e. The Balaban J connectivity index is 2.84. The van der Waals surface area contributed by atoms with E-state index in [-0.39, 0.29) is 5.97 Å². The monoisotopic (exact) mass is 265 g/mol. The molecule has 0 aromatic heterocycles. The first-order chi connectivity index (χ1) is 9.10. The van der Waals surface area contributed by atoms with Gasteiger partial charge in [0.1, 0.15) is 11.5 Å².